The van der Waals surface area contributed by atoms with Crippen LogP contribution in [-0.4, -0.2) is 25.0 Å². The summed E-state index contributed by atoms with van der Waals surface area (Å²) in [5.41, 5.74) is -1.78. The largest absolute Gasteiger partial charge is 0.416 e. The second-order valence-corrected chi connectivity index (χ2v) is 7.22. The quantitative estimate of drug-likeness (QED) is 0.826. The van der Waals surface area contributed by atoms with Gasteiger partial charge in [-0.1, -0.05) is 0 Å². The zero-order chi connectivity index (χ0) is 17.8. The van der Waals surface area contributed by atoms with Gasteiger partial charge in [0.2, 0.25) is 5.91 Å². The van der Waals surface area contributed by atoms with Crippen LogP contribution in [0.25, 0.3) is 5.69 Å². The van der Waals surface area contributed by atoms with E-state index in [1.54, 1.807) is 6.92 Å². The number of hydrogen-bond acceptors (Lipinski definition) is 3. The first-order chi connectivity index (χ1) is 11.0. The van der Waals surface area contributed by atoms with E-state index >= 15 is 0 Å². The number of aromatic nitrogens is 3. The molecule has 0 radical (unpaired) electrons. The standard InChI is InChI=1S/C14H11Cl2F3N4O/c1-12(5-13(12,15)16)11(24)22-9-4-8(14(17,18)19)2-3-10(9)23-7-20-6-21-23/h2-4,6-7H,5H2,1H3,(H,22,24). The Kier molecular flexibility index (Phi) is 3.80. The van der Waals surface area contributed by atoms with Crippen LogP contribution in [0, 0.1) is 5.41 Å². The first kappa shape index (κ1) is 17.0. The summed E-state index contributed by atoms with van der Waals surface area (Å²) in [6.07, 6.45) is -1.79. The number of carbonyl (C=O) groups is 1. The molecule has 1 amide bonds. The van der Waals surface area contributed by atoms with Crippen molar-refractivity contribution in [2.45, 2.75) is 23.9 Å². The molecule has 3 rings (SSSR count). The first-order valence-electron chi connectivity index (χ1n) is 6.80. The Morgan fingerprint density at radius 3 is 2.54 bits per heavy atom. The molecule has 1 aliphatic carbocycles. The molecule has 0 bridgehead atoms. The van der Waals surface area contributed by atoms with Gasteiger partial charge in [0.1, 0.15) is 17.0 Å². The van der Waals surface area contributed by atoms with E-state index in [1.165, 1.54) is 23.4 Å². The maximum absolute atomic E-state index is 13.0. The fourth-order valence-electron chi connectivity index (χ4n) is 2.25. The zero-order valence-electron chi connectivity index (χ0n) is 12.2. The number of benzene rings is 1. The molecule has 1 saturated carbocycles. The number of anilines is 1. The molecule has 0 aliphatic heterocycles. The Bertz CT molecular complexity index is 792. The van der Waals surface area contributed by atoms with Gasteiger partial charge in [0.15, 0.2) is 0 Å². The summed E-state index contributed by atoms with van der Waals surface area (Å²) in [5, 5.41) is 6.35. The van der Waals surface area contributed by atoms with E-state index in [-0.39, 0.29) is 17.8 Å². The van der Waals surface area contributed by atoms with Crippen LogP contribution in [0.5, 0.6) is 0 Å². The van der Waals surface area contributed by atoms with E-state index < -0.39 is 27.4 Å². The molecule has 1 aliphatic rings. The number of nitrogens with zero attached hydrogens (tertiary/aromatic N) is 3. The van der Waals surface area contributed by atoms with Gasteiger partial charge in [0.25, 0.3) is 0 Å². The molecule has 1 aromatic carbocycles. The molecule has 1 atom stereocenters. The molecular formula is C14H11Cl2F3N4O. The molecule has 24 heavy (non-hydrogen) atoms. The summed E-state index contributed by atoms with van der Waals surface area (Å²) >= 11 is 11.9. The van der Waals surface area contributed by atoms with Gasteiger partial charge in [-0.15, -0.1) is 23.2 Å². The van der Waals surface area contributed by atoms with E-state index in [4.69, 9.17) is 23.2 Å². The fourth-order valence-corrected chi connectivity index (χ4v) is 2.96. The van der Waals surface area contributed by atoms with Crippen molar-refractivity contribution in [3.05, 3.63) is 36.4 Å². The van der Waals surface area contributed by atoms with Crippen LogP contribution in [0.3, 0.4) is 0 Å². The Morgan fingerprint density at radius 1 is 1.38 bits per heavy atom. The molecular weight excluding hydrogens is 368 g/mol. The van der Waals surface area contributed by atoms with E-state index in [9.17, 15) is 18.0 Å². The summed E-state index contributed by atoms with van der Waals surface area (Å²) in [4.78, 5) is 16.1. The lowest BCUT2D eigenvalue weighted by atomic mass is 10.1. The summed E-state index contributed by atoms with van der Waals surface area (Å²) in [7, 11) is 0. The summed E-state index contributed by atoms with van der Waals surface area (Å²) in [6.45, 7) is 1.55. The van der Waals surface area contributed by atoms with Crippen LogP contribution < -0.4 is 5.32 Å². The summed E-state index contributed by atoms with van der Waals surface area (Å²) < 4.78 is 38.9. The maximum Gasteiger partial charge on any atom is 0.416 e. The predicted molar refractivity (Wildman–Crippen MR) is 82.2 cm³/mol. The monoisotopic (exact) mass is 378 g/mol. The number of nitrogens with one attached hydrogen (secondary N) is 1. The summed E-state index contributed by atoms with van der Waals surface area (Å²) in [6, 6.07) is 2.95. The van der Waals surface area contributed by atoms with Crippen molar-refractivity contribution in [3.8, 4) is 5.69 Å². The lowest BCUT2D eigenvalue weighted by Crippen LogP contribution is -2.26. The minimum absolute atomic E-state index is 0.0578. The van der Waals surface area contributed by atoms with Crippen LogP contribution in [-0.2, 0) is 11.0 Å². The lowest BCUT2D eigenvalue weighted by molar-refractivity contribution is -0.137. The normalized spacial score (nSPS) is 22.2. The van der Waals surface area contributed by atoms with Gasteiger partial charge < -0.3 is 5.32 Å². The van der Waals surface area contributed by atoms with Crippen molar-refractivity contribution in [1.82, 2.24) is 14.8 Å². The third-order valence-corrected chi connectivity index (χ3v) is 5.10. The van der Waals surface area contributed by atoms with Crippen LogP contribution in [0.1, 0.15) is 18.9 Å². The van der Waals surface area contributed by atoms with Gasteiger partial charge in [-0.25, -0.2) is 9.67 Å². The van der Waals surface area contributed by atoms with Crippen LogP contribution >= 0.6 is 23.2 Å². The second-order valence-electron chi connectivity index (χ2n) is 5.74. The molecule has 128 valence electrons. The van der Waals surface area contributed by atoms with Gasteiger partial charge in [0.05, 0.1) is 22.4 Å². The average Bonchev–Trinajstić information content (AvgIpc) is 2.86. The molecule has 1 fully saturated rings. The van der Waals surface area contributed by atoms with Crippen molar-refractivity contribution in [3.63, 3.8) is 0 Å². The average molecular weight is 379 g/mol. The highest BCUT2D eigenvalue weighted by Gasteiger charge is 2.68. The molecule has 0 saturated heterocycles. The zero-order valence-corrected chi connectivity index (χ0v) is 13.7. The van der Waals surface area contributed by atoms with Crippen molar-refractivity contribution >= 4 is 34.8 Å². The number of halogens is 5. The highest BCUT2D eigenvalue weighted by atomic mass is 35.5. The summed E-state index contributed by atoms with van der Waals surface area (Å²) in [5.74, 6) is -0.562. The van der Waals surface area contributed by atoms with Gasteiger partial charge >= 0.3 is 6.18 Å². The molecule has 1 unspecified atom stereocenters. The number of alkyl halides is 5. The molecule has 2 aromatic rings. The Balaban J connectivity index is 1.99. The Hall–Kier alpha value is -1.80. The SMILES string of the molecule is CC1(C(=O)Nc2cc(C(F)(F)F)ccc2-n2cncn2)CC1(Cl)Cl. The molecule has 5 nitrogen and oxygen atoms in total. The topological polar surface area (TPSA) is 59.8 Å². The Morgan fingerprint density at radius 2 is 2.04 bits per heavy atom. The lowest BCUT2D eigenvalue weighted by Gasteiger charge is -2.17. The van der Waals surface area contributed by atoms with Gasteiger partial charge in [-0.2, -0.15) is 18.3 Å². The third-order valence-electron chi connectivity index (χ3n) is 4.00. The van der Waals surface area contributed by atoms with Crippen LogP contribution in [0.2, 0.25) is 0 Å². The molecule has 1 heterocycles. The number of rotatable bonds is 3. The molecule has 1 N–H and O–H groups in total. The van der Waals surface area contributed by atoms with E-state index in [1.807, 2.05) is 0 Å². The number of amides is 1. The predicted octanol–water partition coefficient (Wildman–Crippen LogP) is 3.81. The second kappa shape index (κ2) is 5.35. The van der Waals surface area contributed by atoms with Gasteiger partial charge in [-0.05, 0) is 31.5 Å². The maximum atomic E-state index is 13.0. The minimum atomic E-state index is -4.55. The number of hydrogen-bond donors (Lipinski definition) is 1. The van der Waals surface area contributed by atoms with Crippen LogP contribution in [0.4, 0.5) is 18.9 Å². The van der Waals surface area contributed by atoms with Crippen molar-refractivity contribution in [2.24, 2.45) is 5.41 Å². The van der Waals surface area contributed by atoms with Crippen molar-refractivity contribution < 1.29 is 18.0 Å². The van der Waals surface area contributed by atoms with Gasteiger partial charge in [0, 0.05) is 0 Å². The van der Waals surface area contributed by atoms with Gasteiger partial charge in [-0.3, -0.25) is 4.79 Å². The first-order valence-corrected chi connectivity index (χ1v) is 7.56. The third kappa shape index (κ3) is 2.84. The number of carbonyl (C=O) groups excluding carboxylic acids is 1. The molecule has 10 heteroatoms. The highest BCUT2D eigenvalue weighted by Crippen LogP contribution is 2.64. The molecule has 0 spiro atoms. The highest BCUT2D eigenvalue weighted by molar-refractivity contribution is 6.53. The van der Waals surface area contributed by atoms with E-state index in [0.29, 0.717) is 0 Å². The van der Waals surface area contributed by atoms with Crippen molar-refractivity contribution in [1.29, 1.82) is 0 Å². The smallest absolute Gasteiger partial charge is 0.324 e. The van der Waals surface area contributed by atoms with Crippen molar-refractivity contribution in [2.75, 3.05) is 5.32 Å². The minimum Gasteiger partial charge on any atom is -0.324 e. The fraction of sp³-hybridized carbons (Fsp3) is 0.357. The molecule has 1 aromatic heterocycles. The van der Waals surface area contributed by atoms with Crippen LogP contribution in [0.15, 0.2) is 30.9 Å². The van der Waals surface area contributed by atoms with E-state index in [0.717, 1.165) is 12.1 Å². The Labute approximate surface area is 144 Å². The van der Waals surface area contributed by atoms with E-state index in [2.05, 4.69) is 15.4 Å².